The number of aromatic hydroxyl groups is 2. The molecule has 9 nitrogen and oxygen atoms in total. The van der Waals surface area contributed by atoms with Crippen LogP contribution in [0.2, 0.25) is 0 Å². The zero-order valence-corrected chi connectivity index (χ0v) is 37.8. The highest BCUT2D eigenvalue weighted by molar-refractivity contribution is 8.01. The Balaban J connectivity index is 1.98. The summed E-state index contributed by atoms with van der Waals surface area (Å²) < 4.78 is 20.6. The number of ketones is 4. The van der Waals surface area contributed by atoms with Crippen molar-refractivity contribution < 1.29 is 43.0 Å². The summed E-state index contributed by atoms with van der Waals surface area (Å²) in [7, 11) is -3.27. The van der Waals surface area contributed by atoms with Gasteiger partial charge >= 0.3 is 8.25 Å². The van der Waals surface area contributed by atoms with Gasteiger partial charge in [0.2, 0.25) is 0 Å². The van der Waals surface area contributed by atoms with Crippen molar-refractivity contribution in [3.05, 3.63) is 46.5 Å². The first-order valence-corrected chi connectivity index (χ1v) is 21.1. The molecule has 0 aliphatic rings. The molecular formula is C42H63O9PS2. The van der Waals surface area contributed by atoms with Crippen molar-refractivity contribution in [1.82, 2.24) is 0 Å². The highest BCUT2D eigenvalue weighted by atomic mass is 32.2. The van der Waals surface area contributed by atoms with E-state index >= 15 is 0 Å². The van der Waals surface area contributed by atoms with Crippen molar-refractivity contribution in [2.24, 2.45) is 0 Å². The summed E-state index contributed by atoms with van der Waals surface area (Å²) in [6.45, 7) is 29.7. The Morgan fingerprint density at radius 3 is 0.981 bits per heavy atom. The first kappa shape index (κ1) is 47.7. The number of phenols is 2. The van der Waals surface area contributed by atoms with Crippen LogP contribution in [0.25, 0.3) is 0 Å². The van der Waals surface area contributed by atoms with E-state index in [0.29, 0.717) is 0 Å². The van der Waals surface area contributed by atoms with Gasteiger partial charge in [0.1, 0.15) is 24.7 Å². The van der Waals surface area contributed by atoms with Gasteiger partial charge in [0.15, 0.2) is 23.1 Å². The molecule has 0 saturated carbocycles. The maximum atomic E-state index is 13.3. The van der Waals surface area contributed by atoms with Gasteiger partial charge in [-0.1, -0.05) is 83.1 Å². The Bertz CT molecular complexity index is 1570. The first-order chi connectivity index (χ1) is 24.2. The number of hydrogen-bond donors (Lipinski definition) is 2. The smallest absolute Gasteiger partial charge is 0.319 e. The number of thioether (sulfide) groups is 2. The molecule has 0 amide bonds. The van der Waals surface area contributed by atoms with E-state index in [1.54, 1.807) is 27.7 Å². The largest absolute Gasteiger partial charge is 0.507 e. The lowest BCUT2D eigenvalue weighted by Gasteiger charge is -2.30. The van der Waals surface area contributed by atoms with Crippen LogP contribution in [0, 0.1) is 0 Å². The lowest BCUT2D eigenvalue weighted by atomic mass is 9.79. The molecule has 12 heteroatoms. The molecule has 0 bridgehead atoms. The summed E-state index contributed by atoms with van der Waals surface area (Å²) in [5.41, 5.74) is 1.66. The van der Waals surface area contributed by atoms with Gasteiger partial charge in [-0.15, -0.1) is 23.5 Å². The van der Waals surface area contributed by atoms with Crippen molar-refractivity contribution in [1.29, 1.82) is 0 Å². The van der Waals surface area contributed by atoms with E-state index in [4.69, 9.17) is 9.05 Å². The minimum atomic E-state index is -3.27. The third kappa shape index (κ3) is 13.4. The Morgan fingerprint density at radius 1 is 0.519 bits per heavy atom. The summed E-state index contributed by atoms with van der Waals surface area (Å²) in [4.78, 5) is 53.5. The predicted molar refractivity (Wildman–Crippen MR) is 221 cm³/mol. The first-order valence-electron chi connectivity index (χ1n) is 18.2. The molecule has 0 aromatic heterocycles. The van der Waals surface area contributed by atoms with Gasteiger partial charge in [0, 0.05) is 32.0 Å². The van der Waals surface area contributed by atoms with Crippen LogP contribution >= 0.6 is 31.8 Å². The van der Waals surface area contributed by atoms with Crippen LogP contribution in [-0.2, 0) is 54.5 Å². The predicted octanol–water partition coefficient (Wildman–Crippen LogP) is 10.2. The van der Waals surface area contributed by atoms with Gasteiger partial charge in [0.25, 0.3) is 0 Å². The zero-order valence-electron chi connectivity index (χ0n) is 35.2. The lowest BCUT2D eigenvalue weighted by molar-refractivity contribution is -0.129. The summed E-state index contributed by atoms with van der Waals surface area (Å²) in [5, 5.41) is 22.1. The highest BCUT2D eigenvalue weighted by Crippen LogP contribution is 2.46. The molecular weight excluding hydrogens is 744 g/mol. The van der Waals surface area contributed by atoms with E-state index in [9.17, 15) is 34.0 Å². The SMILES string of the molecule is CC(C)(Sc1cc(C(C)(C)C)c(O)c(C(C)(C)C)c1)C(=O)CC(=O)CO[PH](=O)OCC(=O)CC(=O)C(C)(C)Sc1cc(C(C)(C)C)c(O)c(C(C)(C)C)c1. The van der Waals surface area contributed by atoms with Crippen LogP contribution in [0.3, 0.4) is 0 Å². The second kappa shape index (κ2) is 17.4. The van der Waals surface area contributed by atoms with Gasteiger partial charge in [0.05, 0.1) is 22.3 Å². The third-order valence-corrected chi connectivity index (χ3v) is 12.1. The van der Waals surface area contributed by atoms with Crippen LogP contribution in [0.4, 0.5) is 0 Å². The van der Waals surface area contributed by atoms with Crippen molar-refractivity contribution in [2.75, 3.05) is 13.2 Å². The van der Waals surface area contributed by atoms with E-state index in [-0.39, 0.29) is 44.7 Å². The molecule has 0 fully saturated rings. The average Bonchev–Trinajstić information content (AvgIpc) is 2.97. The Hall–Kier alpha value is -2.43. The maximum absolute atomic E-state index is 13.3. The molecule has 2 aromatic rings. The Labute approximate surface area is 332 Å². The minimum absolute atomic E-state index is 0.236. The lowest BCUT2D eigenvalue weighted by Crippen LogP contribution is -2.31. The quantitative estimate of drug-likeness (QED) is 0.0950. The van der Waals surface area contributed by atoms with E-state index < -0.39 is 55.4 Å². The normalized spacial score (nSPS) is 13.4. The molecule has 302 valence electrons. The minimum Gasteiger partial charge on any atom is -0.507 e. The van der Waals surface area contributed by atoms with Gasteiger partial charge < -0.3 is 19.3 Å². The highest BCUT2D eigenvalue weighted by Gasteiger charge is 2.35. The van der Waals surface area contributed by atoms with Crippen molar-refractivity contribution in [3.8, 4) is 11.5 Å². The number of carbonyl (C=O) groups excluding carboxylic acids is 4. The molecule has 0 heterocycles. The Morgan fingerprint density at radius 2 is 0.759 bits per heavy atom. The van der Waals surface area contributed by atoms with Gasteiger partial charge in [-0.25, -0.2) is 0 Å². The summed E-state index contributed by atoms with van der Waals surface area (Å²) in [5.74, 6) is -1.42. The zero-order chi connectivity index (χ0) is 42.0. The number of phenolic OH excluding ortho intramolecular Hbond substituents is 2. The molecule has 0 saturated heterocycles. The van der Waals surface area contributed by atoms with Crippen LogP contribution in [0.15, 0.2) is 34.1 Å². The fourth-order valence-corrected chi connectivity index (χ4v) is 8.43. The molecule has 2 rings (SSSR count). The number of benzene rings is 2. The summed E-state index contributed by atoms with van der Waals surface area (Å²) in [6, 6.07) is 7.53. The second-order valence-electron chi connectivity index (χ2n) is 19.1. The topological polar surface area (TPSA) is 144 Å². The van der Waals surface area contributed by atoms with E-state index in [1.165, 1.54) is 23.5 Å². The molecule has 0 atom stereocenters. The van der Waals surface area contributed by atoms with Crippen LogP contribution in [-0.4, -0.2) is 56.1 Å². The average molecular weight is 807 g/mol. The van der Waals surface area contributed by atoms with Crippen LogP contribution < -0.4 is 0 Å². The van der Waals surface area contributed by atoms with Crippen molar-refractivity contribution in [3.63, 3.8) is 0 Å². The van der Waals surface area contributed by atoms with E-state index in [2.05, 4.69) is 0 Å². The van der Waals surface area contributed by atoms with Gasteiger partial charge in [-0.05, 0) is 73.6 Å². The number of rotatable bonds is 16. The summed E-state index contributed by atoms with van der Waals surface area (Å²) >= 11 is 2.60. The molecule has 0 radical (unpaired) electrons. The second-order valence-corrected chi connectivity index (χ2v) is 23.5. The Kier molecular flexibility index (Phi) is 15.4. The molecule has 2 aromatic carbocycles. The fourth-order valence-electron chi connectivity index (χ4n) is 5.53. The molecule has 0 spiro atoms. The molecule has 0 unspecified atom stereocenters. The number of hydrogen-bond acceptors (Lipinski definition) is 11. The molecule has 54 heavy (non-hydrogen) atoms. The van der Waals surface area contributed by atoms with Crippen LogP contribution in [0.1, 0.15) is 146 Å². The van der Waals surface area contributed by atoms with E-state index in [1.807, 2.05) is 107 Å². The van der Waals surface area contributed by atoms with Crippen molar-refractivity contribution in [2.45, 2.75) is 165 Å². The maximum Gasteiger partial charge on any atom is 0.319 e. The molecule has 0 aliphatic carbocycles. The third-order valence-electron chi connectivity index (χ3n) is 8.91. The number of carbonyl (C=O) groups is 4. The van der Waals surface area contributed by atoms with E-state index in [0.717, 1.165) is 32.0 Å². The number of Topliss-reactive ketones (excluding diaryl/α,β-unsaturated/α-hetero) is 4. The standard InChI is InChI=1S/C42H63O9PS2/c1-37(2,3)29-19-27(20-30(35(29)47)38(4,5)6)53-41(13,14)33(45)17-25(43)23-50-52(49)51-24-26(44)18-34(46)42(15,16)54-28-21-31(39(7,8)9)36(48)32(22-28)40(10,11)12/h19-22,47-48,52H,17-18,23-24H2,1-16H3. The van der Waals surface area contributed by atoms with Crippen molar-refractivity contribution >= 4 is 54.9 Å². The van der Waals surface area contributed by atoms with Gasteiger partial charge in [-0.3, -0.25) is 23.7 Å². The fraction of sp³-hybridized carbons (Fsp3) is 0.619. The van der Waals surface area contributed by atoms with Crippen LogP contribution in [0.5, 0.6) is 11.5 Å². The molecule has 0 aliphatic heterocycles. The molecule has 2 N–H and O–H groups in total. The van der Waals surface area contributed by atoms with Gasteiger partial charge in [-0.2, -0.15) is 0 Å². The summed E-state index contributed by atoms with van der Waals surface area (Å²) in [6.07, 6.45) is -0.914. The monoisotopic (exact) mass is 806 g/mol.